The third-order valence-corrected chi connectivity index (χ3v) is 6.64. The van der Waals surface area contributed by atoms with Gasteiger partial charge in [0.15, 0.2) is 0 Å². The summed E-state index contributed by atoms with van der Waals surface area (Å²) in [6.07, 6.45) is 7.35. The minimum absolute atomic E-state index is 0.182. The Balaban J connectivity index is 1.34. The Morgan fingerprint density at radius 2 is 1.89 bits per heavy atom. The Labute approximate surface area is 161 Å². The molecule has 0 saturated carbocycles. The highest BCUT2D eigenvalue weighted by Gasteiger charge is 2.45. The summed E-state index contributed by atoms with van der Waals surface area (Å²) >= 11 is 1.58. The third-order valence-electron chi connectivity index (χ3n) is 5.65. The average molecular weight is 380 g/mol. The number of amides is 1. The van der Waals surface area contributed by atoms with Gasteiger partial charge in [-0.3, -0.25) is 9.78 Å². The maximum Gasteiger partial charge on any atom is 0.264 e. The SMILES string of the molecule is Cc1ccc(C(=O)N2[C@@H]3CC[C@H]2CC(c2nc(-c4ccncc4)no2)C3)s1. The van der Waals surface area contributed by atoms with Gasteiger partial charge in [-0.25, -0.2) is 0 Å². The van der Waals surface area contributed by atoms with Gasteiger partial charge in [-0.05, 0) is 56.9 Å². The molecule has 138 valence electrons. The van der Waals surface area contributed by atoms with E-state index in [2.05, 4.69) is 20.0 Å². The normalized spacial score (nSPS) is 24.3. The van der Waals surface area contributed by atoms with Crippen LogP contribution in [0.5, 0.6) is 0 Å². The monoisotopic (exact) mass is 380 g/mol. The number of hydrogen-bond donors (Lipinski definition) is 0. The van der Waals surface area contributed by atoms with Gasteiger partial charge in [-0.15, -0.1) is 11.3 Å². The molecule has 0 aliphatic carbocycles. The zero-order chi connectivity index (χ0) is 18.4. The quantitative estimate of drug-likeness (QED) is 0.685. The number of nitrogens with zero attached hydrogens (tertiary/aromatic N) is 4. The van der Waals surface area contributed by atoms with Crippen molar-refractivity contribution in [3.63, 3.8) is 0 Å². The van der Waals surface area contributed by atoms with E-state index in [0.29, 0.717) is 11.7 Å². The van der Waals surface area contributed by atoms with E-state index in [1.54, 1.807) is 23.7 Å². The number of carbonyl (C=O) groups is 1. The minimum Gasteiger partial charge on any atom is -0.339 e. The number of pyridine rings is 1. The fourth-order valence-corrected chi connectivity index (χ4v) is 5.22. The van der Waals surface area contributed by atoms with Crippen molar-refractivity contribution in [3.8, 4) is 11.4 Å². The predicted molar refractivity (Wildman–Crippen MR) is 102 cm³/mol. The van der Waals surface area contributed by atoms with Crippen LogP contribution in [0.4, 0.5) is 0 Å². The van der Waals surface area contributed by atoms with Crippen LogP contribution in [0, 0.1) is 6.92 Å². The molecular formula is C20H20N4O2S. The van der Waals surface area contributed by atoms with Gasteiger partial charge in [0.2, 0.25) is 11.7 Å². The van der Waals surface area contributed by atoms with Crippen molar-refractivity contribution in [2.45, 2.75) is 50.6 Å². The lowest BCUT2D eigenvalue weighted by molar-refractivity contribution is 0.0560. The molecule has 2 fully saturated rings. The minimum atomic E-state index is 0.182. The van der Waals surface area contributed by atoms with Crippen LogP contribution in [0.3, 0.4) is 0 Å². The number of fused-ring (bicyclic) bond motifs is 2. The van der Waals surface area contributed by atoms with Gasteiger partial charge in [0.1, 0.15) is 0 Å². The molecule has 2 bridgehead atoms. The first kappa shape index (κ1) is 16.6. The number of aryl methyl sites for hydroxylation is 1. The van der Waals surface area contributed by atoms with Crippen molar-refractivity contribution in [1.29, 1.82) is 0 Å². The molecule has 0 radical (unpaired) electrons. The summed E-state index contributed by atoms with van der Waals surface area (Å²) in [7, 11) is 0. The van der Waals surface area contributed by atoms with E-state index >= 15 is 0 Å². The summed E-state index contributed by atoms with van der Waals surface area (Å²) in [6, 6.07) is 8.25. The highest BCUT2D eigenvalue weighted by atomic mass is 32.1. The smallest absolute Gasteiger partial charge is 0.264 e. The van der Waals surface area contributed by atoms with E-state index in [9.17, 15) is 4.79 Å². The highest BCUT2D eigenvalue weighted by molar-refractivity contribution is 7.13. The van der Waals surface area contributed by atoms with Gasteiger partial charge >= 0.3 is 0 Å². The van der Waals surface area contributed by atoms with Crippen molar-refractivity contribution < 1.29 is 9.32 Å². The van der Waals surface area contributed by atoms with Crippen LogP contribution >= 0.6 is 11.3 Å². The molecule has 1 amide bonds. The second-order valence-electron chi connectivity index (χ2n) is 7.37. The molecule has 0 N–H and O–H groups in total. The molecular weight excluding hydrogens is 360 g/mol. The van der Waals surface area contributed by atoms with E-state index in [4.69, 9.17) is 4.52 Å². The molecule has 2 aliphatic heterocycles. The summed E-state index contributed by atoms with van der Waals surface area (Å²) in [5.74, 6) is 1.70. The lowest BCUT2D eigenvalue weighted by atomic mass is 9.90. The van der Waals surface area contributed by atoms with E-state index in [1.807, 2.05) is 31.2 Å². The fraction of sp³-hybridized carbons (Fsp3) is 0.400. The van der Waals surface area contributed by atoms with Crippen molar-refractivity contribution in [1.82, 2.24) is 20.0 Å². The Morgan fingerprint density at radius 3 is 2.56 bits per heavy atom. The van der Waals surface area contributed by atoms with Crippen LogP contribution in [-0.4, -0.2) is 38.0 Å². The lowest BCUT2D eigenvalue weighted by Gasteiger charge is -2.37. The second kappa shape index (κ2) is 6.56. The maximum absolute atomic E-state index is 13.0. The van der Waals surface area contributed by atoms with Gasteiger partial charge in [-0.1, -0.05) is 5.16 Å². The second-order valence-corrected chi connectivity index (χ2v) is 8.66. The number of carbonyl (C=O) groups excluding carboxylic acids is 1. The zero-order valence-electron chi connectivity index (χ0n) is 15.0. The summed E-state index contributed by atoms with van der Waals surface area (Å²) in [4.78, 5) is 25.8. The number of hydrogen-bond acceptors (Lipinski definition) is 6. The van der Waals surface area contributed by atoms with Gasteiger partial charge in [0, 0.05) is 40.8 Å². The topological polar surface area (TPSA) is 72.1 Å². The predicted octanol–water partition coefficient (Wildman–Crippen LogP) is 4.05. The molecule has 7 heteroatoms. The van der Waals surface area contributed by atoms with Crippen LogP contribution < -0.4 is 0 Å². The van der Waals surface area contributed by atoms with Gasteiger partial charge < -0.3 is 9.42 Å². The molecule has 1 unspecified atom stereocenters. The molecule has 3 aromatic rings. The number of piperidine rings is 1. The average Bonchev–Trinajstić information content (AvgIpc) is 3.40. The molecule has 6 nitrogen and oxygen atoms in total. The number of thiophene rings is 1. The first-order valence-electron chi connectivity index (χ1n) is 9.32. The van der Waals surface area contributed by atoms with Crippen LogP contribution in [0.1, 0.15) is 52.0 Å². The van der Waals surface area contributed by atoms with Crippen molar-refractivity contribution in [3.05, 3.63) is 52.3 Å². The van der Waals surface area contributed by atoms with Crippen LogP contribution in [0.2, 0.25) is 0 Å². The summed E-state index contributed by atoms with van der Waals surface area (Å²) in [5.41, 5.74) is 0.906. The molecule has 3 aromatic heterocycles. The third kappa shape index (κ3) is 2.96. The Kier molecular flexibility index (Phi) is 4.04. The Hall–Kier alpha value is -2.54. The molecule has 0 aromatic carbocycles. The maximum atomic E-state index is 13.0. The first-order chi connectivity index (χ1) is 13.2. The Bertz CT molecular complexity index is 953. The molecule has 0 spiro atoms. The highest BCUT2D eigenvalue weighted by Crippen LogP contribution is 2.43. The van der Waals surface area contributed by atoms with Crippen molar-refractivity contribution in [2.75, 3.05) is 0 Å². The largest absolute Gasteiger partial charge is 0.339 e. The molecule has 2 aliphatic rings. The molecule has 5 rings (SSSR count). The molecule has 5 heterocycles. The number of rotatable bonds is 3. The molecule has 2 saturated heterocycles. The van der Waals surface area contributed by atoms with E-state index < -0.39 is 0 Å². The van der Waals surface area contributed by atoms with Gasteiger partial charge in [0.25, 0.3) is 5.91 Å². The van der Waals surface area contributed by atoms with E-state index in [-0.39, 0.29) is 23.9 Å². The standard InChI is InChI=1S/C20H20N4O2S/c1-12-2-5-17(27-12)20(25)24-15-3-4-16(24)11-14(10-15)19-22-18(23-26-19)13-6-8-21-9-7-13/h2,5-9,14-16H,3-4,10-11H2,1H3/t14?,15-,16+. The van der Waals surface area contributed by atoms with Crippen LogP contribution in [-0.2, 0) is 0 Å². The summed E-state index contributed by atoms with van der Waals surface area (Å²) in [5, 5.41) is 4.14. The van der Waals surface area contributed by atoms with Gasteiger partial charge in [-0.2, -0.15) is 4.98 Å². The van der Waals surface area contributed by atoms with Gasteiger partial charge in [0.05, 0.1) is 4.88 Å². The lowest BCUT2D eigenvalue weighted by Crippen LogP contribution is -2.45. The van der Waals surface area contributed by atoms with Crippen LogP contribution in [0.15, 0.2) is 41.2 Å². The van der Waals surface area contributed by atoms with Crippen molar-refractivity contribution >= 4 is 17.2 Å². The van der Waals surface area contributed by atoms with E-state index in [0.717, 1.165) is 36.1 Å². The Morgan fingerprint density at radius 1 is 1.15 bits per heavy atom. The van der Waals surface area contributed by atoms with Crippen molar-refractivity contribution in [2.24, 2.45) is 0 Å². The zero-order valence-corrected chi connectivity index (χ0v) is 15.9. The summed E-state index contributed by atoms with van der Waals surface area (Å²) in [6.45, 7) is 2.04. The molecule has 27 heavy (non-hydrogen) atoms. The van der Waals surface area contributed by atoms with E-state index in [1.165, 1.54) is 4.88 Å². The fourth-order valence-electron chi connectivity index (χ4n) is 4.41. The first-order valence-corrected chi connectivity index (χ1v) is 10.1. The molecule has 3 atom stereocenters. The summed E-state index contributed by atoms with van der Waals surface area (Å²) < 4.78 is 5.58. The van der Waals surface area contributed by atoms with Crippen LogP contribution in [0.25, 0.3) is 11.4 Å². The number of aromatic nitrogens is 3.